The molecular formula is C15H24F3N3O3. The maximum absolute atomic E-state index is 12.2. The predicted molar refractivity (Wildman–Crippen MR) is 82.6 cm³/mol. The van der Waals surface area contributed by atoms with Crippen LogP contribution in [0.5, 0.6) is 0 Å². The minimum absolute atomic E-state index is 0.0547. The Balaban J connectivity index is 2.57. The highest BCUT2D eigenvalue weighted by molar-refractivity contribution is 5.96. The van der Waals surface area contributed by atoms with Crippen LogP contribution in [-0.4, -0.2) is 41.0 Å². The predicted octanol–water partition coefficient (Wildman–Crippen LogP) is 2.59. The van der Waals surface area contributed by atoms with Gasteiger partial charge in [0.05, 0.1) is 17.8 Å². The van der Waals surface area contributed by atoms with Crippen molar-refractivity contribution in [3.63, 3.8) is 0 Å². The van der Waals surface area contributed by atoms with E-state index in [9.17, 15) is 23.1 Å². The Morgan fingerprint density at radius 1 is 1.29 bits per heavy atom. The number of aliphatic hydroxyl groups is 1. The molecule has 138 valence electrons. The quantitative estimate of drug-likeness (QED) is 0.627. The average molecular weight is 351 g/mol. The summed E-state index contributed by atoms with van der Waals surface area (Å²) in [6, 6.07) is 1.51. The fourth-order valence-electron chi connectivity index (χ4n) is 1.77. The fraction of sp³-hybridized carbons (Fsp3) is 0.733. The largest absolute Gasteiger partial charge is 0.395 e. The monoisotopic (exact) mass is 351 g/mol. The smallest absolute Gasteiger partial charge is 0.389 e. The standard InChI is InChI=1S/C15H24F3N3O3/c1-13(2,9-22)10-8-11(24-21-10)20-12(23)14(3,4)19-7-5-6-15(16,17)18/h8,19,22H,5-7,9H2,1-4H3,(H,20,23). The molecular weight excluding hydrogens is 327 g/mol. The first-order valence-corrected chi connectivity index (χ1v) is 7.59. The highest BCUT2D eigenvalue weighted by Crippen LogP contribution is 2.24. The van der Waals surface area contributed by atoms with E-state index in [0.717, 1.165) is 0 Å². The molecule has 0 aliphatic rings. The van der Waals surface area contributed by atoms with Crippen molar-refractivity contribution < 1.29 is 27.6 Å². The van der Waals surface area contributed by atoms with Crippen molar-refractivity contribution in [1.29, 1.82) is 0 Å². The van der Waals surface area contributed by atoms with E-state index in [1.807, 2.05) is 0 Å². The molecule has 1 amide bonds. The summed E-state index contributed by atoms with van der Waals surface area (Å²) in [5, 5.41) is 18.4. The fourth-order valence-corrected chi connectivity index (χ4v) is 1.77. The van der Waals surface area contributed by atoms with E-state index < -0.39 is 29.5 Å². The zero-order valence-electron chi connectivity index (χ0n) is 14.3. The Morgan fingerprint density at radius 2 is 1.92 bits per heavy atom. The lowest BCUT2D eigenvalue weighted by atomic mass is 9.91. The molecule has 0 aliphatic heterocycles. The third kappa shape index (κ3) is 6.12. The first-order valence-electron chi connectivity index (χ1n) is 7.59. The lowest BCUT2D eigenvalue weighted by Crippen LogP contribution is -2.50. The van der Waals surface area contributed by atoms with Gasteiger partial charge in [-0.1, -0.05) is 19.0 Å². The van der Waals surface area contributed by atoms with E-state index in [1.54, 1.807) is 27.7 Å². The van der Waals surface area contributed by atoms with Crippen LogP contribution in [0.4, 0.5) is 19.1 Å². The molecule has 24 heavy (non-hydrogen) atoms. The number of anilines is 1. The number of nitrogens with zero attached hydrogens (tertiary/aromatic N) is 1. The molecule has 0 fully saturated rings. The Kier molecular flexibility index (Phi) is 6.40. The van der Waals surface area contributed by atoms with Crippen LogP contribution in [0.2, 0.25) is 0 Å². The number of aliphatic hydroxyl groups excluding tert-OH is 1. The van der Waals surface area contributed by atoms with Crippen LogP contribution in [0.1, 0.15) is 46.2 Å². The minimum atomic E-state index is -4.20. The second-order valence-electron chi connectivity index (χ2n) is 6.84. The van der Waals surface area contributed by atoms with Gasteiger partial charge in [-0.25, -0.2) is 0 Å². The van der Waals surface area contributed by atoms with E-state index in [0.29, 0.717) is 5.69 Å². The highest BCUT2D eigenvalue weighted by atomic mass is 19.4. The number of halogens is 3. The first kappa shape index (κ1) is 20.4. The van der Waals surface area contributed by atoms with Crippen LogP contribution < -0.4 is 10.6 Å². The maximum Gasteiger partial charge on any atom is 0.389 e. The number of carbonyl (C=O) groups is 1. The molecule has 0 unspecified atom stereocenters. The molecule has 0 saturated heterocycles. The summed E-state index contributed by atoms with van der Waals surface area (Å²) in [5.74, 6) is -0.347. The summed E-state index contributed by atoms with van der Waals surface area (Å²) < 4.78 is 41.3. The first-order chi connectivity index (χ1) is 10.9. The van der Waals surface area contributed by atoms with Crippen molar-refractivity contribution in [2.45, 2.75) is 57.7 Å². The molecule has 3 N–H and O–H groups in total. The molecule has 1 rings (SSSR count). The Labute approximate surface area is 138 Å². The third-order valence-electron chi connectivity index (χ3n) is 3.61. The molecule has 0 aromatic carbocycles. The van der Waals surface area contributed by atoms with Gasteiger partial charge in [-0.3, -0.25) is 10.1 Å². The van der Waals surface area contributed by atoms with E-state index in [-0.39, 0.29) is 25.5 Å². The molecule has 0 atom stereocenters. The number of alkyl halides is 3. The summed E-state index contributed by atoms with van der Waals surface area (Å²) in [7, 11) is 0. The van der Waals surface area contributed by atoms with Crippen molar-refractivity contribution in [2.75, 3.05) is 18.5 Å². The van der Waals surface area contributed by atoms with Gasteiger partial charge in [0.15, 0.2) is 0 Å². The summed E-state index contributed by atoms with van der Waals surface area (Å²) in [6.07, 6.45) is -5.22. The molecule has 0 radical (unpaired) electrons. The van der Waals surface area contributed by atoms with Gasteiger partial charge >= 0.3 is 6.18 Å². The van der Waals surface area contributed by atoms with Crippen molar-refractivity contribution in [1.82, 2.24) is 10.5 Å². The van der Waals surface area contributed by atoms with E-state index >= 15 is 0 Å². The molecule has 0 spiro atoms. The molecule has 6 nitrogen and oxygen atoms in total. The summed E-state index contributed by atoms with van der Waals surface area (Å²) >= 11 is 0. The summed E-state index contributed by atoms with van der Waals surface area (Å²) in [4.78, 5) is 12.2. The van der Waals surface area contributed by atoms with Crippen molar-refractivity contribution in [3.8, 4) is 0 Å². The molecule has 0 bridgehead atoms. The summed E-state index contributed by atoms with van der Waals surface area (Å²) in [6.45, 7) is 6.57. The van der Waals surface area contributed by atoms with Crippen molar-refractivity contribution >= 4 is 11.8 Å². The molecule has 1 heterocycles. The lowest BCUT2D eigenvalue weighted by molar-refractivity contribution is -0.135. The van der Waals surface area contributed by atoms with Crippen LogP contribution in [0.25, 0.3) is 0 Å². The second kappa shape index (κ2) is 7.52. The van der Waals surface area contributed by atoms with Crippen LogP contribution in [0.3, 0.4) is 0 Å². The van der Waals surface area contributed by atoms with Gasteiger partial charge in [-0.15, -0.1) is 0 Å². The van der Waals surface area contributed by atoms with Gasteiger partial charge in [0, 0.05) is 17.9 Å². The molecule has 0 saturated carbocycles. The highest BCUT2D eigenvalue weighted by Gasteiger charge is 2.31. The van der Waals surface area contributed by atoms with E-state index in [2.05, 4.69) is 15.8 Å². The van der Waals surface area contributed by atoms with Gasteiger partial charge < -0.3 is 14.9 Å². The Bertz CT molecular complexity index is 554. The maximum atomic E-state index is 12.2. The van der Waals surface area contributed by atoms with Gasteiger partial charge in [0.2, 0.25) is 11.8 Å². The number of carbonyl (C=O) groups excluding carboxylic acids is 1. The lowest BCUT2D eigenvalue weighted by Gasteiger charge is -2.24. The van der Waals surface area contributed by atoms with Crippen LogP contribution in [-0.2, 0) is 10.2 Å². The third-order valence-corrected chi connectivity index (χ3v) is 3.61. The van der Waals surface area contributed by atoms with Gasteiger partial charge in [-0.05, 0) is 26.8 Å². The van der Waals surface area contributed by atoms with Crippen LogP contribution in [0, 0.1) is 0 Å². The molecule has 1 aromatic heterocycles. The zero-order valence-corrected chi connectivity index (χ0v) is 14.3. The van der Waals surface area contributed by atoms with Crippen molar-refractivity contribution in [3.05, 3.63) is 11.8 Å². The van der Waals surface area contributed by atoms with Crippen molar-refractivity contribution in [2.24, 2.45) is 0 Å². The molecule has 9 heteroatoms. The number of rotatable bonds is 8. The molecule has 0 aliphatic carbocycles. The number of amides is 1. The number of hydrogen-bond acceptors (Lipinski definition) is 5. The summed E-state index contributed by atoms with van der Waals surface area (Å²) in [5.41, 5.74) is -1.21. The number of hydrogen-bond donors (Lipinski definition) is 3. The van der Waals surface area contributed by atoms with Gasteiger partial charge in [-0.2, -0.15) is 13.2 Å². The SMILES string of the molecule is CC(C)(NCCCC(F)(F)F)C(=O)Nc1cc(C(C)(C)CO)no1. The number of aromatic nitrogens is 1. The van der Waals surface area contributed by atoms with Crippen LogP contribution >= 0.6 is 0 Å². The Morgan fingerprint density at radius 3 is 2.46 bits per heavy atom. The van der Waals surface area contributed by atoms with E-state index in [4.69, 9.17) is 4.52 Å². The Hall–Kier alpha value is -1.61. The normalized spacial score (nSPS) is 13.2. The van der Waals surface area contributed by atoms with Crippen LogP contribution in [0.15, 0.2) is 10.6 Å². The topological polar surface area (TPSA) is 87.4 Å². The second-order valence-corrected chi connectivity index (χ2v) is 6.84. The minimum Gasteiger partial charge on any atom is -0.395 e. The number of nitrogens with one attached hydrogen (secondary N) is 2. The van der Waals surface area contributed by atoms with Gasteiger partial charge in [0.25, 0.3) is 0 Å². The van der Waals surface area contributed by atoms with Gasteiger partial charge in [0.1, 0.15) is 0 Å². The van der Waals surface area contributed by atoms with E-state index in [1.165, 1.54) is 6.07 Å². The molecule has 1 aromatic rings. The average Bonchev–Trinajstić information content (AvgIpc) is 2.92. The zero-order chi connectivity index (χ0) is 18.6.